The summed E-state index contributed by atoms with van der Waals surface area (Å²) in [5.74, 6) is 1.41. The normalized spacial score (nSPS) is 9.92. The van der Waals surface area contributed by atoms with Crippen molar-refractivity contribution in [1.29, 1.82) is 0 Å². The largest absolute Gasteiger partial charge is 0.367 e. The molecule has 0 saturated carbocycles. The molecule has 0 bridgehead atoms. The maximum Gasteiger partial charge on any atom is 0.367 e. The predicted molar refractivity (Wildman–Crippen MR) is 46.4 cm³/mol. The van der Waals surface area contributed by atoms with Crippen LogP contribution in [0.2, 0.25) is 0 Å². The van der Waals surface area contributed by atoms with E-state index in [0.717, 1.165) is 5.82 Å². The van der Waals surface area contributed by atoms with Crippen LogP contribution in [0, 0.1) is 0 Å². The van der Waals surface area contributed by atoms with Crippen molar-refractivity contribution in [3.8, 4) is 11.6 Å². The van der Waals surface area contributed by atoms with Crippen molar-refractivity contribution in [3.63, 3.8) is 0 Å². The van der Waals surface area contributed by atoms with Crippen molar-refractivity contribution in [2.24, 2.45) is 7.05 Å². The molecule has 0 aromatic carbocycles. The Labute approximate surface area is 75.9 Å². The molecule has 4 nitrogen and oxygen atoms in total. The fourth-order valence-electron chi connectivity index (χ4n) is 1.07. The molecule has 0 atom stereocenters. The lowest BCUT2D eigenvalue weighted by molar-refractivity contribution is -0.663. The number of hydrogen-bond acceptors (Lipinski definition) is 3. The van der Waals surface area contributed by atoms with Gasteiger partial charge in [-0.15, -0.1) is 0 Å². The van der Waals surface area contributed by atoms with Gasteiger partial charge in [0.2, 0.25) is 5.82 Å². The maximum absolute atomic E-state index is 4.19. The number of nitrogens with zero attached hydrogens (tertiary/aromatic N) is 4. The molecule has 0 saturated heterocycles. The van der Waals surface area contributed by atoms with Gasteiger partial charge in [0, 0.05) is 18.5 Å². The lowest BCUT2D eigenvalue weighted by Gasteiger charge is -1.94. The average Bonchev–Trinajstić information content (AvgIpc) is 2.20. The summed E-state index contributed by atoms with van der Waals surface area (Å²) in [5, 5.41) is 0. The van der Waals surface area contributed by atoms with Crippen LogP contribution in [-0.2, 0) is 7.05 Å². The van der Waals surface area contributed by atoms with Crippen molar-refractivity contribution >= 4 is 0 Å². The van der Waals surface area contributed by atoms with Crippen molar-refractivity contribution in [2.75, 3.05) is 0 Å². The first-order valence-electron chi connectivity index (χ1n) is 3.96. The van der Waals surface area contributed by atoms with Gasteiger partial charge in [-0.2, -0.15) is 0 Å². The molecule has 4 heteroatoms. The minimum Gasteiger partial charge on any atom is -0.230 e. The van der Waals surface area contributed by atoms with Crippen LogP contribution >= 0.6 is 0 Å². The number of aromatic nitrogens is 4. The van der Waals surface area contributed by atoms with Gasteiger partial charge < -0.3 is 0 Å². The lowest BCUT2D eigenvalue weighted by atomic mass is 10.5. The van der Waals surface area contributed by atoms with Crippen molar-refractivity contribution in [2.45, 2.75) is 0 Å². The second kappa shape index (κ2) is 3.26. The third-order valence-corrected chi connectivity index (χ3v) is 1.69. The molecular weight excluding hydrogens is 164 g/mol. The first-order chi connectivity index (χ1) is 6.38. The van der Waals surface area contributed by atoms with Gasteiger partial charge in [0.25, 0.3) is 0 Å². The summed E-state index contributed by atoms with van der Waals surface area (Å²) in [6, 6.07) is 3.65. The highest BCUT2D eigenvalue weighted by Gasteiger charge is 2.12. The van der Waals surface area contributed by atoms with Gasteiger partial charge in [-0.25, -0.2) is 14.5 Å². The molecule has 0 radical (unpaired) electrons. The van der Waals surface area contributed by atoms with E-state index in [1.165, 1.54) is 0 Å². The van der Waals surface area contributed by atoms with Gasteiger partial charge >= 0.3 is 5.82 Å². The van der Waals surface area contributed by atoms with E-state index < -0.39 is 0 Å². The van der Waals surface area contributed by atoms with Crippen LogP contribution in [0.5, 0.6) is 0 Å². The fourth-order valence-corrected chi connectivity index (χ4v) is 1.07. The zero-order valence-electron chi connectivity index (χ0n) is 7.25. The molecular formula is C9H9N4+. The van der Waals surface area contributed by atoms with E-state index in [1.807, 2.05) is 23.9 Å². The second-order valence-corrected chi connectivity index (χ2v) is 2.63. The zero-order chi connectivity index (χ0) is 9.10. The smallest absolute Gasteiger partial charge is 0.230 e. The van der Waals surface area contributed by atoms with E-state index in [0.29, 0.717) is 5.82 Å². The predicted octanol–water partition coefficient (Wildman–Crippen LogP) is 0.363. The van der Waals surface area contributed by atoms with E-state index >= 15 is 0 Å². The van der Waals surface area contributed by atoms with Crippen LogP contribution in [0.25, 0.3) is 11.6 Å². The van der Waals surface area contributed by atoms with Crippen molar-refractivity contribution in [3.05, 3.63) is 36.9 Å². The van der Waals surface area contributed by atoms with E-state index in [2.05, 4.69) is 15.0 Å². The SMILES string of the molecule is C[n+]1cccnc1-c1ncccn1. The summed E-state index contributed by atoms with van der Waals surface area (Å²) >= 11 is 0. The first-order valence-corrected chi connectivity index (χ1v) is 3.96. The molecule has 2 aromatic heterocycles. The topological polar surface area (TPSA) is 42.5 Å². The third kappa shape index (κ3) is 1.51. The van der Waals surface area contributed by atoms with Crippen molar-refractivity contribution < 1.29 is 4.57 Å². The zero-order valence-corrected chi connectivity index (χ0v) is 7.25. The summed E-state index contributed by atoms with van der Waals surface area (Å²) < 4.78 is 1.88. The van der Waals surface area contributed by atoms with Crippen LogP contribution in [0.3, 0.4) is 0 Å². The summed E-state index contributed by atoms with van der Waals surface area (Å²) in [5.41, 5.74) is 0. The average molecular weight is 173 g/mol. The second-order valence-electron chi connectivity index (χ2n) is 2.63. The number of aryl methyl sites for hydroxylation is 1. The Morgan fingerprint density at radius 2 is 1.69 bits per heavy atom. The minimum atomic E-state index is 0.644. The molecule has 64 valence electrons. The Morgan fingerprint density at radius 1 is 1.00 bits per heavy atom. The molecule has 0 aliphatic heterocycles. The van der Waals surface area contributed by atoms with Gasteiger partial charge in [0.1, 0.15) is 6.20 Å². The van der Waals surface area contributed by atoms with Gasteiger partial charge in [-0.3, -0.25) is 0 Å². The minimum absolute atomic E-state index is 0.644. The summed E-state index contributed by atoms with van der Waals surface area (Å²) in [6.07, 6.45) is 7.05. The third-order valence-electron chi connectivity index (χ3n) is 1.69. The molecule has 0 aliphatic carbocycles. The van der Waals surface area contributed by atoms with Gasteiger partial charge in [0.15, 0.2) is 0 Å². The van der Waals surface area contributed by atoms with E-state index in [1.54, 1.807) is 24.7 Å². The Balaban J connectivity index is 2.54. The number of rotatable bonds is 1. The lowest BCUT2D eigenvalue weighted by Crippen LogP contribution is -2.31. The van der Waals surface area contributed by atoms with E-state index in [-0.39, 0.29) is 0 Å². The van der Waals surface area contributed by atoms with Crippen LogP contribution in [0.15, 0.2) is 36.9 Å². The van der Waals surface area contributed by atoms with Crippen LogP contribution in [-0.4, -0.2) is 15.0 Å². The molecule has 0 fully saturated rings. The summed E-state index contributed by atoms with van der Waals surface area (Å²) in [7, 11) is 1.92. The Morgan fingerprint density at radius 3 is 2.38 bits per heavy atom. The molecule has 0 N–H and O–H groups in total. The number of hydrogen-bond donors (Lipinski definition) is 0. The van der Waals surface area contributed by atoms with Crippen LogP contribution < -0.4 is 4.57 Å². The Bertz CT molecular complexity index is 399. The summed E-state index contributed by atoms with van der Waals surface area (Å²) in [6.45, 7) is 0. The van der Waals surface area contributed by atoms with Gasteiger partial charge in [-0.1, -0.05) is 0 Å². The maximum atomic E-state index is 4.19. The Kier molecular flexibility index (Phi) is 1.96. The highest BCUT2D eigenvalue weighted by atomic mass is 15.1. The quantitative estimate of drug-likeness (QED) is 0.585. The van der Waals surface area contributed by atoms with Crippen LogP contribution in [0.4, 0.5) is 0 Å². The summed E-state index contributed by atoms with van der Waals surface area (Å²) in [4.78, 5) is 12.4. The van der Waals surface area contributed by atoms with E-state index in [4.69, 9.17) is 0 Å². The monoisotopic (exact) mass is 173 g/mol. The molecule has 0 aliphatic rings. The molecule has 0 amide bonds. The van der Waals surface area contributed by atoms with Crippen LogP contribution in [0.1, 0.15) is 0 Å². The highest BCUT2D eigenvalue weighted by molar-refractivity contribution is 5.36. The molecule has 2 heterocycles. The molecule has 0 spiro atoms. The van der Waals surface area contributed by atoms with Gasteiger partial charge in [-0.05, 0) is 11.1 Å². The molecule has 0 unspecified atom stereocenters. The fraction of sp³-hybridized carbons (Fsp3) is 0.111. The highest BCUT2D eigenvalue weighted by Crippen LogP contribution is 2.01. The molecule has 13 heavy (non-hydrogen) atoms. The first kappa shape index (κ1) is 7.79. The molecule has 2 aromatic rings. The van der Waals surface area contributed by atoms with Crippen molar-refractivity contribution in [1.82, 2.24) is 15.0 Å². The Hall–Kier alpha value is -1.84. The van der Waals surface area contributed by atoms with E-state index in [9.17, 15) is 0 Å². The standard InChI is InChI=1S/C9H9N4/c1-13-7-3-6-12-9(13)8-10-4-2-5-11-8/h2-7H,1H3/q+1. The molecule has 2 rings (SSSR count). The van der Waals surface area contributed by atoms with Gasteiger partial charge in [0.05, 0.1) is 13.2 Å².